The van der Waals surface area contributed by atoms with Crippen LogP contribution in [0.1, 0.15) is 48.5 Å². The van der Waals surface area contributed by atoms with Crippen LogP contribution < -0.4 is 0 Å². The van der Waals surface area contributed by atoms with Gasteiger partial charge in [-0.1, -0.05) is 0 Å². The van der Waals surface area contributed by atoms with E-state index in [0.717, 1.165) is 0 Å². The maximum Gasteiger partial charge on any atom is 0.345 e. The minimum absolute atomic E-state index is 0.258. The summed E-state index contributed by atoms with van der Waals surface area (Å²) in [5.74, 6) is -0.561. The van der Waals surface area contributed by atoms with E-state index in [2.05, 4.69) is 0 Å². The third-order valence-corrected chi connectivity index (χ3v) is 4.47. The maximum absolute atomic E-state index is 12.6. The molecule has 5 nitrogen and oxygen atoms in total. The van der Waals surface area contributed by atoms with E-state index in [1.165, 1.54) is 6.92 Å². The number of carbonyl (C=O) groups excluding carboxylic acids is 1. The molecule has 0 amide bonds. The Bertz CT molecular complexity index is 298. The Morgan fingerprint density at radius 2 is 1.22 bits per heavy atom. The Hall–Kier alpha value is -0.380. The summed E-state index contributed by atoms with van der Waals surface area (Å²) in [4.78, 5) is 11.8. The molecule has 0 saturated carbocycles. The lowest BCUT2D eigenvalue weighted by Crippen LogP contribution is -2.27. The van der Waals surface area contributed by atoms with Crippen molar-refractivity contribution < 1.29 is 23.1 Å². The van der Waals surface area contributed by atoms with Crippen molar-refractivity contribution in [3.63, 3.8) is 0 Å². The van der Waals surface area contributed by atoms with Crippen LogP contribution in [0.4, 0.5) is 0 Å². The highest BCUT2D eigenvalue weighted by molar-refractivity contribution is 7.55. The highest BCUT2D eigenvalue weighted by Gasteiger charge is 2.40. The average molecular weight is 280 g/mol. The van der Waals surface area contributed by atoms with Crippen molar-refractivity contribution in [3.8, 4) is 0 Å². The molecule has 0 N–H and O–H groups in total. The van der Waals surface area contributed by atoms with Gasteiger partial charge in [-0.05, 0) is 48.5 Å². The molecule has 0 heterocycles. The predicted molar refractivity (Wildman–Crippen MR) is 70.7 cm³/mol. The van der Waals surface area contributed by atoms with Crippen molar-refractivity contribution in [1.82, 2.24) is 0 Å². The molecule has 0 aromatic heterocycles. The highest BCUT2D eigenvalue weighted by Crippen LogP contribution is 2.55. The van der Waals surface area contributed by atoms with Gasteiger partial charge in [0.15, 0.2) is 5.66 Å². The first-order valence-corrected chi connectivity index (χ1v) is 7.86. The summed E-state index contributed by atoms with van der Waals surface area (Å²) in [7, 11) is -3.51. The largest absolute Gasteiger partial charge is 0.462 e. The second-order valence-corrected chi connectivity index (χ2v) is 7.29. The van der Waals surface area contributed by atoms with Gasteiger partial charge in [-0.3, -0.25) is 9.36 Å². The minimum Gasteiger partial charge on any atom is -0.462 e. The zero-order valence-electron chi connectivity index (χ0n) is 12.3. The molecule has 1 atom stereocenters. The summed E-state index contributed by atoms with van der Waals surface area (Å²) in [5.41, 5.74) is -0.926. The van der Waals surface area contributed by atoms with Gasteiger partial charge in [0.1, 0.15) is 0 Å². The molecule has 0 rings (SSSR count). The zero-order valence-corrected chi connectivity index (χ0v) is 13.2. The fraction of sp³-hybridized carbons (Fsp3) is 0.917. The summed E-state index contributed by atoms with van der Waals surface area (Å²) < 4.78 is 28.4. The van der Waals surface area contributed by atoms with Gasteiger partial charge in [-0.25, -0.2) is 0 Å². The van der Waals surface area contributed by atoms with Gasteiger partial charge in [-0.2, -0.15) is 0 Å². The van der Waals surface area contributed by atoms with E-state index in [9.17, 15) is 9.36 Å². The van der Waals surface area contributed by atoms with Gasteiger partial charge in [0.05, 0.1) is 18.3 Å². The van der Waals surface area contributed by atoms with Crippen molar-refractivity contribution in [1.29, 1.82) is 0 Å². The van der Waals surface area contributed by atoms with Crippen molar-refractivity contribution in [3.05, 3.63) is 0 Å². The van der Waals surface area contributed by atoms with Crippen molar-refractivity contribution in [2.75, 3.05) is 0 Å². The summed E-state index contributed by atoms with van der Waals surface area (Å²) in [6.45, 7) is 12.0. The van der Waals surface area contributed by atoms with Crippen LogP contribution in [-0.4, -0.2) is 29.9 Å². The molecule has 0 aliphatic rings. The van der Waals surface area contributed by atoms with E-state index < -0.39 is 19.2 Å². The van der Waals surface area contributed by atoms with Crippen LogP contribution in [0.3, 0.4) is 0 Å². The SMILES string of the molecule is CC(C)OC(=O)C(C)P(=O)(OC(C)C)OC(C)C. The molecule has 108 valence electrons. The molecule has 18 heavy (non-hydrogen) atoms. The summed E-state index contributed by atoms with van der Waals surface area (Å²) in [6.07, 6.45) is -0.834. The van der Waals surface area contributed by atoms with E-state index in [1.54, 1.807) is 41.5 Å². The van der Waals surface area contributed by atoms with Crippen molar-refractivity contribution in [2.24, 2.45) is 0 Å². The Labute approximate surface area is 110 Å². The summed E-state index contributed by atoms with van der Waals surface area (Å²) in [6, 6.07) is 0. The molecule has 0 saturated heterocycles. The fourth-order valence-electron chi connectivity index (χ4n) is 1.25. The van der Waals surface area contributed by atoms with Crippen LogP contribution in [0.2, 0.25) is 0 Å². The molecule has 6 heteroatoms. The van der Waals surface area contributed by atoms with Gasteiger partial charge in [-0.15, -0.1) is 0 Å². The van der Waals surface area contributed by atoms with E-state index >= 15 is 0 Å². The molecule has 0 aromatic carbocycles. The van der Waals surface area contributed by atoms with Crippen LogP contribution in [0.5, 0.6) is 0 Å². The molecule has 0 bridgehead atoms. The number of hydrogen-bond donors (Lipinski definition) is 0. The topological polar surface area (TPSA) is 61.8 Å². The Kier molecular flexibility index (Phi) is 7.11. The maximum atomic E-state index is 12.6. The summed E-state index contributed by atoms with van der Waals surface area (Å²) >= 11 is 0. The van der Waals surface area contributed by atoms with Crippen molar-refractivity contribution in [2.45, 2.75) is 72.4 Å². The van der Waals surface area contributed by atoms with E-state index in [0.29, 0.717) is 0 Å². The highest BCUT2D eigenvalue weighted by atomic mass is 31.2. The molecular formula is C12H25O5P. The molecule has 0 fully saturated rings. The number of ether oxygens (including phenoxy) is 1. The molecule has 0 radical (unpaired) electrons. The first kappa shape index (κ1) is 17.6. The Morgan fingerprint density at radius 1 is 0.833 bits per heavy atom. The Morgan fingerprint density at radius 3 is 1.50 bits per heavy atom. The van der Waals surface area contributed by atoms with E-state index in [-0.39, 0.29) is 18.3 Å². The lowest BCUT2D eigenvalue weighted by molar-refractivity contribution is -0.147. The molecule has 0 aliphatic heterocycles. The monoisotopic (exact) mass is 280 g/mol. The molecular weight excluding hydrogens is 255 g/mol. The van der Waals surface area contributed by atoms with Gasteiger partial charge in [0, 0.05) is 0 Å². The van der Waals surface area contributed by atoms with E-state index in [4.69, 9.17) is 13.8 Å². The third kappa shape index (κ3) is 5.98. The smallest absolute Gasteiger partial charge is 0.345 e. The second kappa shape index (κ2) is 7.27. The fourth-order valence-corrected chi connectivity index (χ4v) is 3.16. The number of esters is 1. The number of hydrogen-bond acceptors (Lipinski definition) is 5. The van der Waals surface area contributed by atoms with Crippen LogP contribution in [0.25, 0.3) is 0 Å². The molecule has 1 unspecified atom stereocenters. The van der Waals surface area contributed by atoms with Crippen LogP contribution >= 0.6 is 7.60 Å². The quantitative estimate of drug-likeness (QED) is 0.528. The average Bonchev–Trinajstić information content (AvgIpc) is 2.12. The molecule has 0 aliphatic carbocycles. The second-order valence-electron chi connectivity index (χ2n) is 5.01. The lowest BCUT2D eigenvalue weighted by Gasteiger charge is -2.27. The predicted octanol–water partition coefficient (Wildman–Crippen LogP) is 3.37. The first-order valence-electron chi connectivity index (χ1n) is 6.25. The van der Waals surface area contributed by atoms with E-state index in [1.807, 2.05) is 0 Å². The zero-order chi connectivity index (χ0) is 14.5. The Balaban J connectivity index is 4.95. The molecule has 0 aromatic rings. The van der Waals surface area contributed by atoms with Gasteiger partial charge < -0.3 is 13.8 Å². The number of rotatable bonds is 7. The summed E-state index contributed by atoms with van der Waals surface area (Å²) in [5, 5.41) is 0. The standard InChI is InChI=1S/C12H25O5P/c1-8(2)15-12(13)11(7)18(14,16-9(3)4)17-10(5)6/h8-11H,1-7H3. The van der Waals surface area contributed by atoms with Crippen LogP contribution in [0.15, 0.2) is 0 Å². The van der Waals surface area contributed by atoms with Crippen LogP contribution in [0, 0.1) is 0 Å². The normalized spacial score (nSPS) is 14.3. The van der Waals surface area contributed by atoms with Gasteiger partial charge in [0.25, 0.3) is 0 Å². The van der Waals surface area contributed by atoms with Crippen LogP contribution in [-0.2, 0) is 23.1 Å². The van der Waals surface area contributed by atoms with Gasteiger partial charge >= 0.3 is 13.6 Å². The van der Waals surface area contributed by atoms with Gasteiger partial charge in [0.2, 0.25) is 0 Å². The lowest BCUT2D eigenvalue weighted by atomic mass is 10.4. The molecule has 0 spiro atoms. The third-order valence-electron chi connectivity index (χ3n) is 1.88. The number of carbonyl (C=O) groups is 1. The van der Waals surface area contributed by atoms with Crippen molar-refractivity contribution >= 4 is 13.6 Å². The first-order chi connectivity index (χ1) is 8.08. The minimum atomic E-state index is -3.51.